The minimum atomic E-state index is -0.479. The lowest BCUT2D eigenvalue weighted by Gasteiger charge is -2.05. The van der Waals surface area contributed by atoms with Gasteiger partial charge in [-0.3, -0.25) is 0 Å². The van der Waals surface area contributed by atoms with Gasteiger partial charge < -0.3 is 9.52 Å². The predicted molar refractivity (Wildman–Crippen MR) is 50.6 cm³/mol. The summed E-state index contributed by atoms with van der Waals surface area (Å²) in [6.07, 6.45) is 4.05. The summed E-state index contributed by atoms with van der Waals surface area (Å²) in [5.41, 5.74) is 0. The highest BCUT2D eigenvalue weighted by Crippen LogP contribution is 2.36. The van der Waals surface area contributed by atoms with Crippen molar-refractivity contribution in [3.63, 3.8) is 0 Å². The molecular formula is C10H13ClO2. The lowest BCUT2D eigenvalue weighted by molar-refractivity contribution is 0.136. The van der Waals surface area contributed by atoms with Crippen LogP contribution in [0.4, 0.5) is 0 Å². The molecule has 0 radical (unpaired) electrons. The molecule has 1 aromatic heterocycles. The Morgan fingerprint density at radius 2 is 2.31 bits per heavy atom. The maximum Gasteiger partial charge on any atom is 0.193 e. The van der Waals surface area contributed by atoms with E-state index in [4.69, 9.17) is 16.0 Å². The lowest BCUT2D eigenvalue weighted by atomic mass is 10.1. The van der Waals surface area contributed by atoms with Crippen molar-refractivity contribution >= 4 is 11.6 Å². The summed E-state index contributed by atoms with van der Waals surface area (Å²) >= 11 is 5.60. The third-order valence-electron chi connectivity index (χ3n) is 2.47. The van der Waals surface area contributed by atoms with Gasteiger partial charge in [-0.25, -0.2) is 0 Å². The maximum absolute atomic E-state index is 9.66. The van der Waals surface area contributed by atoms with Crippen molar-refractivity contribution in [2.24, 2.45) is 5.92 Å². The summed E-state index contributed by atoms with van der Waals surface area (Å²) in [7, 11) is 0. The molecule has 13 heavy (non-hydrogen) atoms. The zero-order valence-corrected chi connectivity index (χ0v) is 8.13. The van der Waals surface area contributed by atoms with Crippen molar-refractivity contribution in [2.45, 2.75) is 31.8 Å². The molecule has 0 aliphatic heterocycles. The van der Waals surface area contributed by atoms with E-state index in [-0.39, 0.29) is 0 Å². The summed E-state index contributed by atoms with van der Waals surface area (Å²) in [4.78, 5) is 0. The normalized spacial score (nSPS) is 18.9. The van der Waals surface area contributed by atoms with E-state index in [9.17, 15) is 5.11 Å². The molecule has 3 heteroatoms. The van der Waals surface area contributed by atoms with Gasteiger partial charge in [0.15, 0.2) is 5.22 Å². The summed E-state index contributed by atoms with van der Waals surface area (Å²) in [5.74, 6) is 1.44. The maximum atomic E-state index is 9.66. The number of aliphatic hydroxyl groups is 1. The Balaban J connectivity index is 1.84. The number of halogens is 1. The van der Waals surface area contributed by atoms with Gasteiger partial charge in [0.05, 0.1) is 0 Å². The quantitative estimate of drug-likeness (QED) is 0.810. The molecule has 1 heterocycles. The van der Waals surface area contributed by atoms with Crippen LogP contribution in [0.15, 0.2) is 16.5 Å². The van der Waals surface area contributed by atoms with Crippen LogP contribution in [-0.4, -0.2) is 5.11 Å². The fourth-order valence-electron chi connectivity index (χ4n) is 1.45. The van der Waals surface area contributed by atoms with Crippen LogP contribution in [0.1, 0.15) is 37.5 Å². The average Bonchev–Trinajstić information content (AvgIpc) is 2.84. The average molecular weight is 201 g/mol. The van der Waals surface area contributed by atoms with Crippen molar-refractivity contribution in [1.29, 1.82) is 0 Å². The molecule has 1 atom stereocenters. The Morgan fingerprint density at radius 1 is 1.54 bits per heavy atom. The van der Waals surface area contributed by atoms with E-state index >= 15 is 0 Å². The largest absolute Gasteiger partial charge is 0.447 e. The summed E-state index contributed by atoms with van der Waals surface area (Å²) < 4.78 is 5.11. The number of hydrogen-bond donors (Lipinski definition) is 1. The minimum absolute atomic E-state index is 0.348. The molecule has 1 saturated carbocycles. The second-order valence-electron chi connectivity index (χ2n) is 3.68. The van der Waals surface area contributed by atoms with E-state index < -0.39 is 6.10 Å². The van der Waals surface area contributed by atoms with Crippen molar-refractivity contribution in [2.75, 3.05) is 0 Å². The molecule has 0 aromatic carbocycles. The first kappa shape index (κ1) is 9.10. The van der Waals surface area contributed by atoms with Gasteiger partial charge in [-0.15, -0.1) is 0 Å². The Bertz CT molecular complexity index is 278. The smallest absolute Gasteiger partial charge is 0.193 e. The van der Waals surface area contributed by atoms with E-state index in [1.165, 1.54) is 12.8 Å². The number of rotatable bonds is 4. The molecule has 0 saturated heterocycles. The fourth-order valence-corrected chi connectivity index (χ4v) is 1.60. The Labute approximate surface area is 82.5 Å². The highest BCUT2D eigenvalue weighted by atomic mass is 35.5. The molecule has 1 N–H and O–H groups in total. The van der Waals surface area contributed by atoms with E-state index in [1.54, 1.807) is 12.1 Å². The zero-order chi connectivity index (χ0) is 9.26. The van der Waals surface area contributed by atoms with E-state index in [0.717, 1.165) is 18.8 Å². The van der Waals surface area contributed by atoms with Gasteiger partial charge in [0.1, 0.15) is 11.9 Å². The molecule has 1 aliphatic rings. The Hall–Kier alpha value is -0.470. The van der Waals surface area contributed by atoms with Crippen LogP contribution >= 0.6 is 11.6 Å². The molecule has 1 aromatic rings. The minimum Gasteiger partial charge on any atom is -0.447 e. The number of hydrogen-bond acceptors (Lipinski definition) is 2. The van der Waals surface area contributed by atoms with Gasteiger partial charge >= 0.3 is 0 Å². The SMILES string of the molecule is OC(CCC1CC1)c1ccc(Cl)o1. The van der Waals surface area contributed by atoms with Crippen molar-refractivity contribution < 1.29 is 9.52 Å². The Kier molecular flexibility index (Phi) is 2.61. The summed E-state index contributed by atoms with van der Waals surface area (Å²) in [6, 6.07) is 3.40. The van der Waals surface area contributed by atoms with Gasteiger partial charge in [0.2, 0.25) is 0 Å². The van der Waals surface area contributed by atoms with Crippen LogP contribution in [0, 0.1) is 5.92 Å². The van der Waals surface area contributed by atoms with Crippen molar-refractivity contribution in [1.82, 2.24) is 0 Å². The molecule has 2 rings (SSSR count). The first-order valence-electron chi connectivity index (χ1n) is 4.69. The number of furan rings is 1. The van der Waals surface area contributed by atoms with Crippen LogP contribution in [0.3, 0.4) is 0 Å². The lowest BCUT2D eigenvalue weighted by Crippen LogP contribution is -1.95. The van der Waals surface area contributed by atoms with E-state index in [1.807, 2.05) is 0 Å². The van der Waals surface area contributed by atoms with Crippen LogP contribution in [-0.2, 0) is 0 Å². The monoisotopic (exact) mass is 200 g/mol. The Morgan fingerprint density at radius 3 is 2.85 bits per heavy atom. The molecular weight excluding hydrogens is 188 g/mol. The van der Waals surface area contributed by atoms with Crippen LogP contribution in [0.25, 0.3) is 0 Å². The van der Waals surface area contributed by atoms with Crippen LogP contribution < -0.4 is 0 Å². The van der Waals surface area contributed by atoms with Gasteiger partial charge in [-0.05, 0) is 42.5 Å². The second kappa shape index (κ2) is 3.72. The number of aliphatic hydroxyl groups excluding tert-OH is 1. The highest BCUT2D eigenvalue weighted by Gasteiger charge is 2.23. The van der Waals surface area contributed by atoms with Gasteiger partial charge in [0.25, 0.3) is 0 Å². The standard InChI is InChI=1S/C10H13ClO2/c11-10-6-5-9(13-10)8(12)4-3-7-1-2-7/h5-8,12H,1-4H2. The first-order chi connectivity index (χ1) is 6.25. The summed E-state index contributed by atoms with van der Waals surface area (Å²) in [6.45, 7) is 0. The molecule has 0 bridgehead atoms. The summed E-state index contributed by atoms with van der Waals surface area (Å²) in [5, 5.41) is 10.0. The van der Waals surface area contributed by atoms with Crippen LogP contribution in [0.2, 0.25) is 5.22 Å². The highest BCUT2D eigenvalue weighted by molar-refractivity contribution is 6.28. The first-order valence-corrected chi connectivity index (χ1v) is 5.07. The van der Waals surface area contributed by atoms with E-state index in [0.29, 0.717) is 11.0 Å². The molecule has 1 aliphatic carbocycles. The molecule has 0 spiro atoms. The third-order valence-corrected chi connectivity index (χ3v) is 2.67. The fraction of sp³-hybridized carbons (Fsp3) is 0.600. The van der Waals surface area contributed by atoms with Gasteiger partial charge in [0, 0.05) is 0 Å². The van der Waals surface area contributed by atoms with E-state index in [2.05, 4.69) is 0 Å². The molecule has 1 unspecified atom stereocenters. The van der Waals surface area contributed by atoms with Crippen molar-refractivity contribution in [3.8, 4) is 0 Å². The second-order valence-corrected chi connectivity index (χ2v) is 4.05. The zero-order valence-electron chi connectivity index (χ0n) is 7.37. The van der Waals surface area contributed by atoms with Crippen molar-refractivity contribution in [3.05, 3.63) is 23.1 Å². The van der Waals surface area contributed by atoms with Gasteiger partial charge in [-0.2, -0.15) is 0 Å². The molecule has 0 amide bonds. The molecule has 2 nitrogen and oxygen atoms in total. The van der Waals surface area contributed by atoms with Crippen LogP contribution in [0.5, 0.6) is 0 Å². The topological polar surface area (TPSA) is 33.4 Å². The molecule has 72 valence electrons. The van der Waals surface area contributed by atoms with Gasteiger partial charge in [-0.1, -0.05) is 12.8 Å². The third kappa shape index (κ3) is 2.48. The molecule has 1 fully saturated rings. The predicted octanol–water partition coefficient (Wildman–Crippen LogP) is 3.16.